The number of aromatic nitrogens is 1. The van der Waals surface area contributed by atoms with Crippen molar-refractivity contribution in [2.24, 2.45) is 11.1 Å². The molecule has 212 valence electrons. The fourth-order valence-electron chi connectivity index (χ4n) is 4.82. The van der Waals surface area contributed by atoms with E-state index >= 15 is 0 Å². The van der Waals surface area contributed by atoms with Crippen molar-refractivity contribution < 1.29 is 19.5 Å². The topological polar surface area (TPSA) is 138 Å². The van der Waals surface area contributed by atoms with Gasteiger partial charge in [-0.25, -0.2) is 4.98 Å². The van der Waals surface area contributed by atoms with Crippen LogP contribution in [0.3, 0.4) is 0 Å². The molecule has 40 heavy (non-hydrogen) atoms. The Morgan fingerprint density at radius 3 is 2.40 bits per heavy atom. The Morgan fingerprint density at radius 2 is 1.80 bits per heavy atom. The number of aryl methyl sites for hydroxylation is 1. The molecule has 1 saturated heterocycles. The maximum atomic E-state index is 13.8. The molecule has 1 aliphatic rings. The average molecular weight is 564 g/mol. The van der Waals surface area contributed by atoms with E-state index in [9.17, 15) is 19.5 Å². The first-order chi connectivity index (χ1) is 19.0. The summed E-state index contributed by atoms with van der Waals surface area (Å²) in [5.41, 5.74) is 10.9. The zero-order valence-electron chi connectivity index (χ0n) is 23.3. The first-order valence-corrected chi connectivity index (χ1v) is 14.2. The second kappa shape index (κ2) is 12.3. The molecule has 5 N–H and O–H groups in total. The highest BCUT2D eigenvalue weighted by atomic mass is 32.1. The van der Waals surface area contributed by atoms with Crippen LogP contribution in [-0.4, -0.2) is 57.4 Å². The Kier molecular flexibility index (Phi) is 9.02. The third-order valence-corrected chi connectivity index (χ3v) is 8.11. The van der Waals surface area contributed by atoms with Crippen LogP contribution in [0.1, 0.15) is 50.1 Å². The molecular weight excluding hydrogens is 526 g/mol. The smallest absolute Gasteiger partial charge is 0.246 e. The van der Waals surface area contributed by atoms with E-state index in [0.717, 1.165) is 21.7 Å². The number of nitrogens with two attached hydrogens (primary N) is 1. The third-order valence-electron chi connectivity index (χ3n) is 7.13. The molecule has 10 heteroatoms. The van der Waals surface area contributed by atoms with Crippen LogP contribution in [0.2, 0.25) is 0 Å². The largest absolute Gasteiger partial charge is 0.391 e. The van der Waals surface area contributed by atoms with E-state index < -0.39 is 41.5 Å². The van der Waals surface area contributed by atoms with Crippen LogP contribution in [-0.2, 0) is 20.9 Å². The fourth-order valence-corrected chi connectivity index (χ4v) is 5.64. The van der Waals surface area contributed by atoms with Gasteiger partial charge in [0, 0.05) is 19.5 Å². The molecule has 3 aromatic rings. The van der Waals surface area contributed by atoms with Gasteiger partial charge >= 0.3 is 0 Å². The lowest BCUT2D eigenvalue weighted by Gasteiger charge is -2.35. The van der Waals surface area contributed by atoms with Gasteiger partial charge in [0.05, 0.1) is 22.2 Å². The number of carbonyl (C=O) groups excluding carboxylic acids is 3. The van der Waals surface area contributed by atoms with E-state index in [1.165, 1.54) is 4.90 Å². The Balaban J connectivity index is 1.43. The maximum Gasteiger partial charge on any atom is 0.246 e. The quantitative estimate of drug-likeness (QED) is 0.333. The van der Waals surface area contributed by atoms with E-state index in [-0.39, 0.29) is 25.4 Å². The minimum Gasteiger partial charge on any atom is -0.391 e. The summed E-state index contributed by atoms with van der Waals surface area (Å²) in [6.07, 6.45) is -0.722. The number of aliphatic hydroxyl groups excluding tert-OH is 1. The Hall–Kier alpha value is -3.60. The second-order valence-corrected chi connectivity index (χ2v) is 12.1. The van der Waals surface area contributed by atoms with Crippen LogP contribution >= 0.6 is 11.3 Å². The molecule has 0 aliphatic carbocycles. The van der Waals surface area contributed by atoms with Gasteiger partial charge in [-0.1, -0.05) is 75.4 Å². The van der Waals surface area contributed by atoms with Crippen LogP contribution in [0.5, 0.6) is 0 Å². The predicted octanol–water partition coefficient (Wildman–Crippen LogP) is 2.93. The molecule has 4 rings (SSSR count). The molecule has 1 fully saturated rings. The van der Waals surface area contributed by atoms with Gasteiger partial charge in [-0.05, 0) is 29.0 Å². The first kappa shape index (κ1) is 29.4. The summed E-state index contributed by atoms with van der Waals surface area (Å²) in [4.78, 5) is 46.8. The lowest BCUT2D eigenvalue weighted by Crippen LogP contribution is -2.58. The van der Waals surface area contributed by atoms with E-state index in [1.807, 2.05) is 63.5 Å². The summed E-state index contributed by atoms with van der Waals surface area (Å²) >= 11 is 1.58. The molecule has 2 aromatic carbocycles. The van der Waals surface area contributed by atoms with Crippen LogP contribution in [0, 0.1) is 12.3 Å². The number of likely N-dealkylation sites (tertiary alicyclic amines) is 1. The molecular formula is C30H37N5O4S. The number of amides is 3. The average Bonchev–Trinajstić information content (AvgIpc) is 3.54. The minimum atomic E-state index is -0.950. The lowest BCUT2D eigenvalue weighted by atomic mass is 9.85. The maximum absolute atomic E-state index is 13.8. The second-order valence-electron chi connectivity index (χ2n) is 11.3. The Morgan fingerprint density at radius 1 is 1.12 bits per heavy atom. The zero-order chi connectivity index (χ0) is 29.0. The normalized spacial score (nSPS) is 18.7. The van der Waals surface area contributed by atoms with Gasteiger partial charge in [0.15, 0.2) is 0 Å². The predicted molar refractivity (Wildman–Crippen MR) is 155 cm³/mol. The SMILES string of the molecule is Cc1ncsc1-c1ccc(CNC(=O)C2CC(O)CN2C(=O)C(NC(=O)C(N)c2ccccc2)C(C)(C)C)cc1. The number of thiazole rings is 1. The van der Waals surface area contributed by atoms with Crippen LogP contribution in [0.15, 0.2) is 60.1 Å². The van der Waals surface area contributed by atoms with Gasteiger partial charge in [-0.15, -0.1) is 11.3 Å². The number of aliphatic hydroxyl groups is 1. The number of nitrogens with zero attached hydrogens (tertiary/aromatic N) is 2. The fraction of sp³-hybridized carbons (Fsp3) is 0.400. The summed E-state index contributed by atoms with van der Waals surface area (Å²) in [7, 11) is 0. The van der Waals surface area contributed by atoms with Crippen LogP contribution in [0.4, 0.5) is 0 Å². The number of hydrogen-bond donors (Lipinski definition) is 4. The zero-order valence-corrected chi connectivity index (χ0v) is 24.1. The number of rotatable bonds is 8. The van der Waals surface area contributed by atoms with Crippen molar-refractivity contribution in [2.75, 3.05) is 6.54 Å². The van der Waals surface area contributed by atoms with Gasteiger partial charge in [0.25, 0.3) is 0 Å². The molecule has 0 radical (unpaired) electrons. The molecule has 0 saturated carbocycles. The summed E-state index contributed by atoms with van der Waals surface area (Å²) < 4.78 is 0. The number of hydrogen-bond acceptors (Lipinski definition) is 7. The molecule has 4 unspecified atom stereocenters. The van der Waals surface area contributed by atoms with Crippen molar-refractivity contribution in [3.63, 3.8) is 0 Å². The van der Waals surface area contributed by atoms with Crippen LogP contribution in [0.25, 0.3) is 10.4 Å². The van der Waals surface area contributed by atoms with Gasteiger partial charge in [0.1, 0.15) is 18.1 Å². The highest BCUT2D eigenvalue weighted by molar-refractivity contribution is 7.13. The van der Waals surface area contributed by atoms with Crippen LogP contribution < -0.4 is 16.4 Å². The number of carbonyl (C=O) groups is 3. The van der Waals surface area contributed by atoms with Gasteiger partial charge in [-0.3, -0.25) is 14.4 Å². The minimum absolute atomic E-state index is 0.00695. The summed E-state index contributed by atoms with van der Waals surface area (Å²) in [5, 5.41) is 16.1. The van der Waals surface area contributed by atoms with E-state index in [0.29, 0.717) is 5.56 Å². The van der Waals surface area contributed by atoms with Crippen molar-refractivity contribution in [1.82, 2.24) is 20.5 Å². The van der Waals surface area contributed by atoms with Crippen molar-refractivity contribution in [1.29, 1.82) is 0 Å². The molecule has 2 heterocycles. The van der Waals surface area contributed by atoms with Crippen molar-refractivity contribution in [3.8, 4) is 10.4 Å². The molecule has 4 atom stereocenters. The molecule has 3 amide bonds. The van der Waals surface area contributed by atoms with Crippen molar-refractivity contribution in [2.45, 2.75) is 64.9 Å². The van der Waals surface area contributed by atoms with E-state index in [1.54, 1.807) is 35.6 Å². The highest BCUT2D eigenvalue weighted by Gasteiger charge is 2.44. The summed E-state index contributed by atoms with van der Waals surface area (Å²) in [6, 6.07) is 14.1. The van der Waals surface area contributed by atoms with Gasteiger partial charge in [0.2, 0.25) is 17.7 Å². The molecule has 0 spiro atoms. The van der Waals surface area contributed by atoms with E-state index in [4.69, 9.17) is 5.73 Å². The molecule has 9 nitrogen and oxygen atoms in total. The van der Waals surface area contributed by atoms with Gasteiger partial charge in [-0.2, -0.15) is 0 Å². The Bertz CT molecular complexity index is 1340. The summed E-state index contributed by atoms with van der Waals surface area (Å²) in [6.45, 7) is 7.76. The van der Waals surface area contributed by atoms with E-state index in [2.05, 4.69) is 15.6 Å². The third kappa shape index (κ3) is 6.75. The monoisotopic (exact) mass is 563 g/mol. The standard InChI is InChI=1S/C30H37N5O4S/c1-18-25(40-17-33-18)21-12-10-19(11-13-21)15-32-27(37)23-14-22(36)16-35(23)29(39)26(30(2,3)4)34-28(38)24(31)20-8-6-5-7-9-20/h5-13,17,22-24,26,36H,14-16,31H2,1-4H3,(H,32,37)(H,34,38). The van der Waals surface area contributed by atoms with Crippen molar-refractivity contribution in [3.05, 3.63) is 76.9 Å². The highest BCUT2D eigenvalue weighted by Crippen LogP contribution is 2.28. The number of benzene rings is 2. The summed E-state index contributed by atoms with van der Waals surface area (Å²) in [5.74, 6) is -1.27. The lowest BCUT2D eigenvalue weighted by molar-refractivity contribution is -0.144. The number of nitrogens with one attached hydrogen (secondary N) is 2. The molecule has 1 aromatic heterocycles. The van der Waals surface area contributed by atoms with Crippen molar-refractivity contribution >= 4 is 29.1 Å². The molecule has 1 aliphatic heterocycles. The Labute approximate surface area is 238 Å². The number of β-amino-alcohol motifs (C(OH)–C–C–N with tert-alkyl or cyclic N) is 1. The first-order valence-electron chi connectivity index (χ1n) is 13.3. The molecule has 0 bridgehead atoms. The van der Waals surface area contributed by atoms with Gasteiger partial charge < -0.3 is 26.4 Å².